The van der Waals surface area contributed by atoms with Crippen LogP contribution >= 0.6 is 12.4 Å². The van der Waals surface area contributed by atoms with Crippen molar-refractivity contribution in [1.29, 1.82) is 0 Å². The number of rotatable bonds is 9. The van der Waals surface area contributed by atoms with Crippen LogP contribution in [0.5, 0.6) is 0 Å². The zero-order valence-corrected chi connectivity index (χ0v) is 15.7. The van der Waals surface area contributed by atoms with Crippen LogP contribution in [-0.4, -0.2) is 56.8 Å². The molecule has 2 rings (SSSR count). The molecule has 0 spiro atoms. The Morgan fingerprint density at radius 3 is 2.84 bits per heavy atom. The molecule has 1 heterocycles. The fourth-order valence-electron chi connectivity index (χ4n) is 2.90. The number of hydrogen-bond acceptors (Lipinski definition) is 4. The molecule has 142 valence electrons. The minimum atomic E-state index is -0.353. The van der Waals surface area contributed by atoms with Gasteiger partial charge < -0.3 is 19.7 Å². The van der Waals surface area contributed by atoms with Gasteiger partial charge in [0.15, 0.2) is 0 Å². The Labute approximate surface area is 155 Å². The predicted octanol–water partition coefficient (Wildman–Crippen LogP) is 2.62. The molecule has 1 N–H and O–H groups in total. The topological polar surface area (TPSA) is 50.8 Å². The predicted molar refractivity (Wildman–Crippen MR) is 97.8 cm³/mol. The normalized spacial score (nSPS) is 16.5. The highest BCUT2D eigenvalue weighted by Crippen LogP contribution is 2.17. The summed E-state index contributed by atoms with van der Waals surface area (Å²) in [5, 5.41) is 3.29. The van der Waals surface area contributed by atoms with E-state index < -0.39 is 0 Å². The maximum atomic E-state index is 13.9. The van der Waals surface area contributed by atoms with Crippen LogP contribution in [0.3, 0.4) is 0 Å². The van der Waals surface area contributed by atoms with Gasteiger partial charge in [-0.3, -0.25) is 4.79 Å². The van der Waals surface area contributed by atoms with E-state index in [0.717, 1.165) is 25.9 Å². The number of nitrogens with zero attached hydrogens (tertiary/aromatic N) is 1. The molecule has 0 bridgehead atoms. The maximum absolute atomic E-state index is 13.9. The molecule has 0 saturated carbocycles. The van der Waals surface area contributed by atoms with Gasteiger partial charge in [-0.15, -0.1) is 12.4 Å². The lowest BCUT2D eigenvalue weighted by Gasteiger charge is -2.28. The monoisotopic (exact) mass is 374 g/mol. The molecule has 5 nitrogen and oxygen atoms in total. The average molecular weight is 375 g/mol. The van der Waals surface area contributed by atoms with Crippen molar-refractivity contribution in [2.45, 2.75) is 32.4 Å². The van der Waals surface area contributed by atoms with E-state index >= 15 is 0 Å². The Hall–Kier alpha value is -1.21. The van der Waals surface area contributed by atoms with E-state index in [2.05, 4.69) is 12.2 Å². The summed E-state index contributed by atoms with van der Waals surface area (Å²) in [6.45, 7) is 5.50. The first-order valence-electron chi connectivity index (χ1n) is 8.54. The Balaban J connectivity index is 0.00000312. The zero-order chi connectivity index (χ0) is 17.4. The summed E-state index contributed by atoms with van der Waals surface area (Å²) < 4.78 is 24.2. The molecular formula is C18H28ClFN2O3. The highest BCUT2D eigenvalue weighted by Gasteiger charge is 2.27. The Morgan fingerprint density at radius 2 is 2.20 bits per heavy atom. The average Bonchev–Trinajstić information content (AvgIpc) is 3.11. The van der Waals surface area contributed by atoms with Gasteiger partial charge in [0.05, 0.1) is 19.8 Å². The Kier molecular flexibility index (Phi) is 9.97. The summed E-state index contributed by atoms with van der Waals surface area (Å²) >= 11 is 0. The third-order valence-corrected chi connectivity index (χ3v) is 4.18. The van der Waals surface area contributed by atoms with Crippen molar-refractivity contribution in [2.24, 2.45) is 0 Å². The standard InChI is InChI=1S/C18H27FN2O3.ClH/c1-3-8-21(16-6-7-20-12-16)18(22)14-4-5-17(19)15(11-14)13-24-10-9-23-2;/h4-5,11,16,20H,3,6-10,12-13H2,1-2H3;1H. The molecule has 1 unspecified atom stereocenters. The summed E-state index contributed by atoms with van der Waals surface area (Å²) in [4.78, 5) is 14.8. The van der Waals surface area contributed by atoms with Crippen LogP contribution in [-0.2, 0) is 16.1 Å². The number of halogens is 2. The molecule has 1 aliphatic rings. The van der Waals surface area contributed by atoms with Crippen LogP contribution in [0.25, 0.3) is 0 Å². The SMILES string of the molecule is CCCN(C(=O)c1ccc(F)c(COCCOC)c1)C1CCNC1.Cl. The molecule has 25 heavy (non-hydrogen) atoms. The lowest BCUT2D eigenvalue weighted by Crippen LogP contribution is -2.42. The molecule has 1 aromatic carbocycles. The molecule has 1 saturated heterocycles. The van der Waals surface area contributed by atoms with Gasteiger partial charge in [0.25, 0.3) is 5.91 Å². The molecule has 1 aliphatic heterocycles. The summed E-state index contributed by atoms with van der Waals surface area (Å²) in [6.07, 6.45) is 1.86. The van der Waals surface area contributed by atoms with E-state index in [0.29, 0.717) is 30.9 Å². The van der Waals surface area contributed by atoms with Crippen molar-refractivity contribution < 1.29 is 18.7 Å². The zero-order valence-electron chi connectivity index (χ0n) is 14.9. The van der Waals surface area contributed by atoms with Crippen molar-refractivity contribution in [1.82, 2.24) is 10.2 Å². The van der Waals surface area contributed by atoms with E-state index in [4.69, 9.17) is 9.47 Å². The van der Waals surface area contributed by atoms with Crippen molar-refractivity contribution in [3.63, 3.8) is 0 Å². The number of carbonyl (C=O) groups is 1. The first kappa shape index (κ1) is 21.8. The summed E-state index contributed by atoms with van der Waals surface area (Å²) in [6, 6.07) is 4.72. The fourth-order valence-corrected chi connectivity index (χ4v) is 2.90. The van der Waals surface area contributed by atoms with Crippen LogP contribution in [0.15, 0.2) is 18.2 Å². The second kappa shape index (κ2) is 11.4. The van der Waals surface area contributed by atoms with E-state index in [1.165, 1.54) is 6.07 Å². The number of methoxy groups -OCH3 is 1. The van der Waals surface area contributed by atoms with Gasteiger partial charge in [-0.25, -0.2) is 4.39 Å². The van der Waals surface area contributed by atoms with E-state index in [-0.39, 0.29) is 36.8 Å². The third kappa shape index (κ3) is 6.22. The minimum absolute atomic E-state index is 0. The van der Waals surface area contributed by atoms with Gasteiger partial charge in [-0.2, -0.15) is 0 Å². The van der Waals surface area contributed by atoms with E-state index in [1.54, 1.807) is 19.2 Å². The van der Waals surface area contributed by atoms with E-state index in [9.17, 15) is 9.18 Å². The molecule has 1 atom stereocenters. The Morgan fingerprint density at radius 1 is 1.40 bits per heavy atom. The van der Waals surface area contributed by atoms with Crippen molar-refractivity contribution in [3.05, 3.63) is 35.1 Å². The first-order valence-corrected chi connectivity index (χ1v) is 8.54. The summed E-state index contributed by atoms with van der Waals surface area (Å²) in [7, 11) is 1.59. The smallest absolute Gasteiger partial charge is 0.254 e. The molecule has 0 radical (unpaired) electrons. The van der Waals surface area contributed by atoms with Crippen LogP contribution in [0.2, 0.25) is 0 Å². The van der Waals surface area contributed by atoms with Crippen molar-refractivity contribution in [3.8, 4) is 0 Å². The van der Waals surface area contributed by atoms with E-state index in [1.807, 2.05) is 4.90 Å². The van der Waals surface area contributed by atoms with Gasteiger partial charge in [0.2, 0.25) is 0 Å². The van der Waals surface area contributed by atoms with Gasteiger partial charge in [-0.05, 0) is 37.6 Å². The quantitative estimate of drug-likeness (QED) is 0.675. The highest BCUT2D eigenvalue weighted by atomic mass is 35.5. The van der Waals surface area contributed by atoms with Crippen LogP contribution in [0.1, 0.15) is 35.7 Å². The first-order chi connectivity index (χ1) is 11.7. The molecule has 7 heteroatoms. The number of hydrogen-bond donors (Lipinski definition) is 1. The lowest BCUT2D eigenvalue weighted by molar-refractivity contribution is 0.0602. The molecule has 1 aromatic rings. The summed E-state index contributed by atoms with van der Waals surface area (Å²) in [5.41, 5.74) is 0.917. The van der Waals surface area contributed by atoms with Crippen LogP contribution < -0.4 is 5.32 Å². The largest absolute Gasteiger partial charge is 0.382 e. The number of ether oxygens (including phenoxy) is 2. The maximum Gasteiger partial charge on any atom is 0.254 e. The molecule has 0 aliphatic carbocycles. The van der Waals surface area contributed by atoms with Crippen LogP contribution in [0, 0.1) is 5.82 Å². The van der Waals surface area contributed by atoms with Gasteiger partial charge >= 0.3 is 0 Å². The molecular weight excluding hydrogens is 347 g/mol. The van der Waals surface area contributed by atoms with Crippen molar-refractivity contribution in [2.75, 3.05) is 40.0 Å². The highest BCUT2D eigenvalue weighted by molar-refractivity contribution is 5.94. The summed E-state index contributed by atoms with van der Waals surface area (Å²) in [5.74, 6) is -0.391. The minimum Gasteiger partial charge on any atom is -0.382 e. The molecule has 1 fully saturated rings. The number of amides is 1. The third-order valence-electron chi connectivity index (χ3n) is 4.18. The second-order valence-electron chi connectivity index (χ2n) is 6.00. The van der Waals surface area contributed by atoms with Gasteiger partial charge in [-0.1, -0.05) is 6.92 Å². The Bertz CT molecular complexity index is 539. The van der Waals surface area contributed by atoms with Crippen LogP contribution in [0.4, 0.5) is 4.39 Å². The number of carbonyl (C=O) groups excluding carboxylic acids is 1. The van der Waals surface area contributed by atoms with Gasteiger partial charge in [0.1, 0.15) is 5.82 Å². The molecule has 0 aromatic heterocycles. The van der Waals surface area contributed by atoms with Crippen molar-refractivity contribution >= 4 is 18.3 Å². The number of nitrogens with one attached hydrogen (secondary N) is 1. The van der Waals surface area contributed by atoms with Gasteiger partial charge in [0, 0.05) is 37.4 Å². The molecule has 1 amide bonds. The number of benzene rings is 1. The second-order valence-corrected chi connectivity index (χ2v) is 6.00. The fraction of sp³-hybridized carbons (Fsp3) is 0.611. The lowest BCUT2D eigenvalue weighted by atomic mass is 10.1.